The van der Waals surface area contributed by atoms with E-state index < -0.39 is 48.7 Å². The van der Waals surface area contributed by atoms with Gasteiger partial charge in [0.2, 0.25) is 11.6 Å². The zero-order valence-electron chi connectivity index (χ0n) is 9.49. The number of rotatable bonds is 4. The number of halogens is 6. The monoisotopic (exact) mass is 366 g/mol. The molecule has 21 heavy (non-hydrogen) atoms. The first-order valence-corrected chi connectivity index (χ1v) is 4.27. The molecule has 0 N–H and O–H groups in total. The van der Waals surface area contributed by atoms with Gasteiger partial charge in [-0.1, -0.05) is 0 Å². The molecule has 0 radical (unpaired) electrons. The van der Waals surface area contributed by atoms with Crippen molar-refractivity contribution < 1.29 is 72.8 Å². The zero-order valence-corrected chi connectivity index (χ0v) is 10.6. The van der Waals surface area contributed by atoms with E-state index in [2.05, 4.69) is 0 Å². The Morgan fingerprint density at radius 2 is 0.857 bits per heavy atom. The fraction of sp³-hybridized carbons (Fsp3) is 0.500. The predicted octanol–water partition coefficient (Wildman–Crippen LogP) is -1.49. The average Bonchev–Trinajstić information content (AvgIpc) is 2.13. The summed E-state index contributed by atoms with van der Waals surface area (Å²) in [5, 5.41) is 18.8. The minimum absolute atomic E-state index is 0. The topological polar surface area (TPSA) is 114 Å². The van der Waals surface area contributed by atoms with E-state index in [1.54, 1.807) is 0 Å². The van der Waals surface area contributed by atoms with E-state index in [0.29, 0.717) is 0 Å². The van der Waals surface area contributed by atoms with Crippen LogP contribution in [-0.2, 0) is 36.2 Å². The number of carboxylic acid groups (broad SMARTS) is 2. The summed E-state index contributed by atoms with van der Waals surface area (Å²) in [6.45, 7) is 0. The number of hydrogen-bond acceptors (Lipinski definition) is 6. The van der Waals surface area contributed by atoms with Crippen LogP contribution in [0.2, 0.25) is 0 Å². The fourth-order valence-corrected chi connectivity index (χ4v) is 0.463. The van der Waals surface area contributed by atoms with Crippen LogP contribution in [0.25, 0.3) is 0 Å². The molecule has 0 aromatic rings. The molecule has 0 atom stereocenters. The molecule has 122 valence electrons. The van der Waals surface area contributed by atoms with Gasteiger partial charge in [0.1, 0.15) is 0 Å². The predicted molar refractivity (Wildman–Crippen MR) is 41.4 cm³/mol. The summed E-state index contributed by atoms with van der Waals surface area (Å²) in [7, 11) is 0. The minimum atomic E-state index is -5.07. The first-order chi connectivity index (χ1) is 8.67. The Morgan fingerprint density at radius 1 is 0.667 bits per heavy atom. The van der Waals surface area contributed by atoms with Gasteiger partial charge in [-0.3, -0.25) is 9.59 Å². The Kier molecular flexibility index (Phi) is 10.9. The van der Waals surface area contributed by atoms with Gasteiger partial charge < -0.3 is 19.8 Å². The van der Waals surface area contributed by atoms with Crippen LogP contribution >= 0.6 is 0 Å². The van der Waals surface area contributed by atoms with E-state index >= 15 is 0 Å². The molecule has 0 aliphatic rings. The molecule has 6 nitrogen and oxygen atoms in total. The molecule has 0 unspecified atom stereocenters. The molecule has 0 heterocycles. The van der Waals surface area contributed by atoms with Crippen LogP contribution in [0.3, 0.4) is 0 Å². The van der Waals surface area contributed by atoms with Crippen molar-refractivity contribution in [3.05, 3.63) is 0 Å². The van der Waals surface area contributed by atoms with Crippen LogP contribution in [0.4, 0.5) is 26.3 Å². The zero-order chi connectivity index (χ0) is 16.7. The molecule has 0 aromatic heterocycles. The van der Waals surface area contributed by atoms with Gasteiger partial charge in [0.15, 0.2) is 0 Å². The number of alkyl halides is 6. The summed E-state index contributed by atoms with van der Waals surface area (Å²) < 4.78 is 67.0. The third-order valence-corrected chi connectivity index (χ3v) is 1.24. The van der Waals surface area contributed by atoms with Crippen LogP contribution < -0.4 is 10.2 Å². The number of Topliss-reactive ketones (excluding diaryl/α,β-unsaturated/α-hetero) is 2. The second kappa shape index (κ2) is 9.34. The standard InChI is InChI=1S/2C4H3F3O3.Fe/c2*5-4(6,7)2(8)1-3(9)10;/h2*1H2,(H,9,10);/q;;+2/p-2. The van der Waals surface area contributed by atoms with Crippen LogP contribution in [0.1, 0.15) is 12.8 Å². The Balaban J connectivity index is -0.000000295. The van der Waals surface area contributed by atoms with E-state index in [4.69, 9.17) is 0 Å². The summed E-state index contributed by atoms with van der Waals surface area (Å²) >= 11 is 0. The van der Waals surface area contributed by atoms with Crippen molar-refractivity contribution in [3.8, 4) is 0 Å². The molecule has 0 bridgehead atoms. The van der Waals surface area contributed by atoms with Crippen LogP contribution in [0, 0.1) is 0 Å². The van der Waals surface area contributed by atoms with E-state index in [-0.39, 0.29) is 17.1 Å². The molecule has 0 aliphatic heterocycles. The van der Waals surface area contributed by atoms with Gasteiger partial charge in [0, 0.05) is 11.9 Å². The normalized spacial score (nSPS) is 10.6. The first-order valence-electron chi connectivity index (χ1n) is 4.27. The van der Waals surface area contributed by atoms with Gasteiger partial charge in [-0.25, -0.2) is 0 Å². The third-order valence-electron chi connectivity index (χ3n) is 1.24. The molecular weight excluding hydrogens is 362 g/mol. The van der Waals surface area contributed by atoms with Gasteiger partial charge in [-0.05, 0) is 0 Å². The molecule has 0 saturated heterocycles. The van der Waals surface area contributed by atoms with Crippen molar-refractivity contribution in [2.45, 2.75) is 25.2 Å². The Hall–Kier alpha value is -1.62. The van der Waals surface area contributed by atoms with E-state index in [1.165, 1.54) is 0 Å². The van der Waals surface area contributed by atoms with Gasteiger partial charge in [0.25, 0.3) is 0 Å². The average molecular weight is 366 g/mol. The number of carboxylic acids is 2. The van der Waals surface area contributed by atoms with Crippen molar-refractivity contribution in [1.29, 1.82) is 0 Å². The van der Waals surface area contributed by atoms with Crippen molar-refractivity contribution in [2.75, 3.05) is 0 Å². The van der Waals surface area contributed by atoms with Crippen LogP contribution in [0.15, 0.2) is 0 Å². The second-order valence-corrected chi connectivity index (χ2v) is 2.94. The van der Waals surface area contributed by atoms with Gasteiger partial charge in [-0.2, -0.15) is 26.3 Å². The summed E-state index contributed by atoms with van der Waals surface area (Å²) in [6, 6.07) is 0. The van der Waals surface area contributed by atoms with Gasteiger partial charge in [-0.15, -0.1) is 0 Å². The van der Waals surface area contributed by atoms with E-state index in [1.807, 2.05) is 0 Å². The number of hydrogen-bond donors (Lipinski definition) is 0. The molecule has 13 heteroatoms. The molecule has 0 fully saturated rings. The maximum atomic E-state index is 11.2. The molecule has 0 amide bonds. The molecule has 0 aromatic carbocycles. The maximum absolute atomic E-state index is 11.2. The first kappa shape index (κ1) is 24.4. The Labute approximate surface area is 122 Å². The molecule has 0 spiro atoms. The van der Waals surface area contributed by atoms with Crippen molar-refractivity contribution in [3.63, 3.8) is 0 Å². The number of ketones is 2. The Morgan fingerprint density at radius 3 is 0.905 bits per heavy atom. The van der Waals surface area contributed by atoms with Gasteiger partial charge in [0.05, 0.1) is 12.8 Å². The molecule has 0 aliphatic carbocycles. The largest absolute Gasteiger partial charge is 2.00 e. The quantitative estimate of drug-likeness (QED) is 0.340. The summed E-state index contributed by atoms with van der Waals surface area (Å²) in [6.07, 6.45) is -13.4. The smallest absolute Gasteiger partial charge is 0.550 e. The number of aliphatic carboxylic acids is 2. The van der Waals surface area contributed by atoms with E-state index in [0.717, 1.165) is 0 Å². The SMILES string of the molecule is O=C([O-])CC(=O)C(F)(F)F.O=C([O-])CC(=O)C(F)(F)F.[Fe+2]. The van der Waals surface area contributed by atoms with E-state index in [9.17, 15) is 55.7 Å². The fourth-order valence-electron chi connectivity index (χ4n) is 0.463. The van der Waals surface area contributed by atoms with Crippen LogP contribution in [0.5, 0.6) is 0 Å². The Bertz CT molecular complexity index is 363. The number of carbonyl (C=O) groups excluding carboxylic acids is 4. The van der Waals surface area contributed by atoms with Crippen molar-refractivity contribution >= 4 is 23.5 Å². The van der Waals surface area contributed by atoms with Crippen LogP contribution in [-0.4, -0.2) is 35.9 Å². The molecule has 0 saturated carbocycles. The van der Waals surface area contributed by atoms with Crippen molar-refractivity contribution in [1.82, 2.24) is 0 Å². The summed E-state index contributed by atoms with van der Waals surface area (Å²) in [5.74, 6) is -8.65. The minimum Gasteiger partial charge on any atom is -0.550 e. The summed E-state index contributed by atoms with van der Waals surface area (Å²) in [4.78, 5) is 38.3. The molecular formula is C8H4F6FeO6. The second-order valence-electron chi connectivity index (χ2n) is 2.94. The summed E-state index contributed by atoms with van der Waals surface area (Å²) in [5.41, 5.74) is 0. The maximum Gasteiger partial charge on any atom is 2.00 e. The number of carbonyl (C=O) groups is 4. The van der Waals surface area contributed by atoms with Crippen molar-refractivity contribution in [2.24, 2.45) is 0 Å². The third kappa shape index (κ3) is 14.6. The molecule has 0 rings (SSSR count). The van der Waals surface area contributed by atoms with Gasteiger partial charge >= 0.3 is 29.4 Å².